The van der Waals surface area contributed by atoms with Crippen LogP contribution in [-0.2, 0) is 4.79 Å². The van der Waals surface area contributed by atoms with E-state index in [4.69, 9.17) is 15.4 Å². The van der Waals surface area contributed by atoms with Gasteiger partial charge < -0.3 is 9.75 Å². The molecule has 7 nitrogen and oxygen atoms in total. The number of hydrogen-bond donors (Lipinski definition) is 3. The largest absolute Gasteiger partial charge is 0.496 e. The topological polar surface area (TPSA) is 106 Å². The van der Waals surface area contributed by atoms with E-state index in [9.17, 15) is 4.39 Å². The molecule has 0 bridgehead atoms. The normalized spacial score (nSPS) is 9.88. The summed E-state index contributed by atoms with van der Waals surface area (Å²) in [6.45, 7) is 0. The van der Waals surface area contributed by atoms with Gasteiger partial charge in [-0.05, 0) is 36.4 Å². The van der Waals surface area contributed by atoms with Crippen LogP contribution in [-0.4, -0.2) is 25.6 Å². The van der Waals surface area contributed by atoms with Crippen molar-refractivity contribution in [3.8, 4) is 5.75 Å². The Bertz CT molecular complexity index is 692. The third-order valence-corrected chi connectivity index (χ3v) is 2.87. The number of nitrogens with zero attached hydrogens (tertiary/aromatic N) is 2. The standard InChI is InChI=1S/C15H16FN3O.CH4N2O/c1-19(17)13-6-4-7-14(20-2)12(13)10-9-11-5-3-8-15(16)18-11;2-3-1-4/h3-10H,17H2,1-2H3;1H,2H2,(H,3,4)/b10-9+;. The molecule has 1 heterocycles. The average Bonchev–Trinajstić information content (AvgIpc) is 2.59. The van der Waals surface area contributed by atoms with E-state index in [-0.39, 0.29) is 0 Å². The Hall–Kier alpha value is -2.97. The van der Waals surface area contributed by atoms with E-state index in [1.807, 2.05) is 18.2 Å². The van der Waals surface area contributed by atoms with Crippen LogP contribution in [0.4, 0.5) is 10.1 Å². The van der Waals surface area contributed by atoms with Crippen molar-refractivity contribution in [2.75, 3.05) is 19.2 Å². The van der Waals surface area contributed by atoms with Crippen LogP contribution in [0.3, 0.4) is 0 Å². The van der Waals surface area contributed by atoms with Crippen LogP contribution in [0, 0.1) is 5.95 Å². The molecule has 1 amide bonds. The summed E-state index contributed by atoms with van der Waals surface area (Å²) >= 11 is 0. The summed E-state index contributed by atoms with van der Waals surface area (Å²) in [6.07, 6.45) is 3.92. The Balaban J connectivity index is 0.000000648. The molecule has 0 radical (unpaired) electrons. The molecule has 0 spiro atoms. The third kappa shape index (κ3) is 5.67. The van der Waals surface area contributed by atoms with Gasteiger partial charge in [-0.25, -0.2) is 16.7 Å². The Labute approximate surface area is 139 Å². The average molecular weight is 333 g/mol. The molecule has 2 rings (SSSR count). The number of anilines is 1. The van der Waals surface area contributed by atoms with E-state index in [0.29, 0.717) is 17.9 Å². The summed E-state index contributed by atoms with van der Waals surface area (Å²) < 4.78 is 18.4. The summed E-state index contributed by atoms with van der Waals surface area (Å²) in [4.78, 5) is 12.7. The Morgan fingerprint density at radius 3 is 2.46 bits per heavy atom. The van der Waals surface area contributed by atoms with Gasteiger partial charge in [0.2, 0.25) is 12.4 Å². The number of methoxy groups -OCH3 is 1. The lowest BCUT2D eigenvalue weighted by molar-refractivity contribution is -0.109. The second-order valence-electron chi connectivity index (χ2n) is 4.51. The molecule has 0 aliphatic rings. The highest BCUT2D eigenvalue weighted by Crippen LogP contribution is 2.29. The smallest absolute Gasteiger partial charge is 0.221 e. The zero-order valence-corrected chi connectivity index (χ0v) is 13.4. The maximum atomic E-state index is 13.0. The highest BCUT2D eigenvalue weighted by atomic mass is 19.1. The maximum absolute atomic E-state index is 13.0. The first-order chi connectivity index (χ1) is 11.5. The first kappa shape index (κ1) is 19.1. The van der Waals surface area contributed by atoms with Crippen molar-refractivity contribution in [3.63, 3.8) is 0 Å². The van der Waals surface area contributed by atoms with Crippen molar-refractivity contribution in [1.29, 1.82) is 0 Å². The Morgan fingerprint density at radius 1 is 1.25 bits per heavy atom. The molecule has 0 aliphatic carbocycles. The predicted octanol–water partition coefficient (Wildman–Crippen LogP) is 1.32. The van der Waals surface area contributed by atoms with Gasteiger partial charge in [-0.15, -0.1) is 0 Å². The minimum atomic E-state index is -0.511. The molecule has 0 aliphatic heterocycles. The van der Waals surface area contributed by atoms with Gasteiger partial charge in [-0.2, -0.15) is 4.39 Å². The van der Waals surface area contributed by atoms with E-state index in [2.05, 4.69) is 10.8 Å². The number of carbonyl (C=O) groups is 1. The molecule has 0 atom stereocenters. The quantitative estimate of drug-likeness (QED) is 0.250. The zero-order valence-electron chi connectivity index (χ0n) is 13.4. The lowest BCUT2D eigenvalue weighted by Gasteiger charge is -2.17. The van der Waals surface area contributed by atoms with E-state index in [1.165, 1.54) is 11.1 Å². The van der Waals surface area contributed by atoms with Crippen molar-refractivity contribution >= 4 is 24.2 Å². The van der Waals surface area contributed by atoms with Crippen molar-refractivity contribution in [2.24, 2.45) is 11.7 Å². The van der Waals surface area contributed by atoms with Crippen LogP contribution >= 0.6 is 0 Å². The van der Waals surface area contributed by atoms with E-state index >= 15 is 0 Å². The number of aromatic nitrogens is 1. The van der Waals surface area contributed by atoms with Gasteiger partial charge >= 0.3 is 0 Å². The number of halogens is 1. The summed E-state index contributed by atoms with van der Waals surface area (Å²) in [6, 6.07) is 10.2. The maximum Gasteiger partial charge on any atom is 0.221 e. The first-order valence-electron chi connectivity index (χ1n) is 6.89. The van der Waals surface area contributed by atoms with Crippen molar-refractivity contribution in [1.82, 2.24) is 10.4 Å². The van der Waals surface area contributed by atoms with Crippen molar-refractivity contribution < 1.29 is 13.9 Å². The number of pyridine rings is 1. The SMILES string of the molecule is COc1cccc(N(C)N)c1/C=C/c1cccc(F)n1.NNC=O. The fraction of sp³-hybridized carbons (Fsp3) is 0.125. The molecule has 2 aromatic rings. The summed E-state index contributed by atoms with van der Waals surface area (Å²) in [7, 11) is 3.33. The summed E-state index contributed by atoms with van der Waals surface area (Å²) in [5.41, 5.74) is 3.89. The lowest BCUT2D eigenvalue weighted by atomic mass is 10.1. The zero-order chi connectivity index (χ0) is 17.9. The van der Waals surface area contributed by atoms with Crippen LogP contribution < -0.4 is 26.9 Å². The number of benzene rings is 1. The molecule has 1 aromatic heterocycles. The van der Waals surface area contributed by atoms with Crippen LogP contribution in [0.2, 0.25) is 0 Å². The number of hydrogen-bond acceptors (Lipinski definition) is 6. The Kier molecular flexibility index (Phi) is 7.89. The number of ether oxygens (including phenoxy) is 1. The van der Waals surface area contributed by atoms with E-state index in [0.717, 1.165) is 11.3 Å². The summed E-state index contributed by atoms with van der Waals surface area (Å²) in [5, 5.41) is 1.50. The van der Waals surface area contributed by atoms with Crippen LogP contribution in [0.5, 0.6) is 5.75 Å². The minimum absolute atomic E-state index is 0.403. The number of nitrogens with one attached hydrogen (secondary N) is 1. The highest BCUT2D eigenvalue weighted by Gasteiger charge is 2.08. The van der Waals surface area contributed by atoms with Crippen molar-refractivity contribution in [3.05, 3.63) is 53.6 Å². The van der Waals surface area contributed by atoms with Gasteiger partial charge in [0.1, 0.15) is 5.75 Å². The number of nitrogens with two attached hydrogens (primary N) is 2. The molecule has 0 saturated heterocycles. The van der Waals surface area contributed by atoms with Gasteiger partial charge in [0, 0.05) is 12.6 Å². The minimum Gasteiger partial charge on any atom is -0.496 e. The molecule has 128 valence electrons. The van der Waals surface area contributed by atoms with Crippen LogP contribution in [0.25, 0.3) is 12.2 Å². The highest BCUT2D eigenvalue weighted by molar-refractivity contribution is 5.79. The van der Waals surface area contributed by atoms with E-state index < -0.39 is 5.95 Å². The molecule has 0 unspecified atom stereocenters. The molecule has 0 fully saturated rings. The van der Waals surface area contributed by atoms with E-state index in [1.54, 1.807) is 43.9 Å². The second-order valence-corrected chi connectivity index (χ2v) is 4.51. The third-order valence-electron chi connectivity index (χ3n) is 2.87. The molecule has 0 saturated carbocycles. The molecular weight excluding hydrogens is 313 g/mol. The first-order valence-corrected chi connectivity index (χ1v) is 6.89. The van der Waals surface area contributed by atoms with Gasteiger partial charge in [-0.3, -0.25) is 10.2 Å². The van der Waals surface area contributed by atoms with Crippen LogP contribution in [0.15, 0.2) is 36.4 Å². The number of rotatable bonds is 5. The Morgan fingerprint density at radius 2 is 1.92 bits per heavy atom. The molecule has 8 heteroatoms. The molecule has 5 N–H and O–H groups in total. The number of amides is 1. The fourth-order valence-corrected chi connectivity index (χ4v) is 1.87. The van der Waals surface area contributed by atoms with Crippen molar-refractivity contribution in [2.45, 2.75) is 0 Å². The predicted molar refractivity (Wildman–Crippen MR) is 92.1 cm³/mol. The second kappa shape index (κ2) is 9.93. The molecule has 24 heavy (non-hydrogen) atoms. The summed E-state index contributed by atoms with van der Waals surface area (Å²) in [5.74, 6) is 10.4. The van der Waals surface area contributed by atoms with Gasteiger partial charge in [0.05, 0.1) is 18.5 Å². The lowest BCUT2D eigenvalue weighted by Crippen LogP contribution is -2.25. The number of hydrazine groups is 2. The van der Waals surface area contributed by atoms with Gasteiger partial charge in [0.25, 0.3) is 0 Å². The fourth-order valence-electron chi connectivity index (χ4n) is 1.87. The molecule has 1 aromatic carbocycles. The number of carbonyl (C=O) groups excluding carboxylic acids is 1. The van der Waals surface area contributed by atoms with Crippen LogP contribution in [0.1, 0.15) is 11.3 Å². The monoisotopic (exact) mass is 333 g/mol. The van der Waals surface area contributed by atoms with Gasteiger partial charge in [-0.1, -0.05) is 12.1 Å². The van der Waals surface area contributed by atoms with Gasteiger partial charge in [0.15, 0.2) is 0 Å². The molecular formula is C16H20FN5O2.